The SMILES string of the molecule is NS(=O)(=O)c1ccc(OCC(F)(F)C(F)(F)F)nc1. The molecule has 19 heavy (non-hydrogen) atoms. The average molecular weight is 306 g/mol. The predicted molar refractivity (Wildman–Crippen MR) is 52.1 cm³/mol. The molecule has 0 fully saturated rings. The zero-order valence-corrected chi connectivity index (χ0v) is 9.80. The Morgan fingerprint density at radius 2 is 1.79 bits per heavy atom. The van der Waals surface area contributed by atoms with E-state index in [4.69, 9.17) is 5.14 Å². The lowest BCUT2D eigenvalue weighted by molar-refractivity contribution is -0.290. The number of ether oxygens (including phenoxy) is 1. The molecular formula is C8H7F5N2O3S. The number of hydrogen-bond donors (Lipinski definition) is 1. The minimum atomic E-state index is -5.74. The Kier molecular flexibility index (Phi) is 4.00. The van der Waals surface area contributed by atoms with Gasteiger partial charge in [-0.3, -0.25) is 0 Å². The van der Waals surface area contributed by atoms with E-state index < -0.39 is 39.5 Å². The van der Waals surface area contributed by atoms with Crippen molar-refractivity contribution < 1.29 is 35.1 Å². The monoisotopic (exact) mass is 306 g/mol. The molecule has 1 aromatic heterocycles. The molecule has 11 heteroatoms. The molecule has 1 rings (SSSR count). The van der Waals surface area contributed by atoms with E-state index in [0.29, 0.717) is 6.20 Å². The highest BCUT2D eigenvalue weighted by Crippen LogP contribution is 2.35. The molecule has 108 valence electrons. The Bertz CT molecular complexity index is 540. The van der Waals surface area contributed by atoms with Gasteiger partial charge in [0.2, 0.25) is 15.9 Å². The highest BCUT2D eigenvalue weighted by molar-refractivity contribution is 7.89. The summed E-state index contributed by atoms with van der Waals surface area (Å²) in [6.07, 6.45) is -5.07. The Labute approximate surface area is 104 Å². The standard InChI is InChI=1S/C8H7F5N2O3S/c9-7(10,8(11,12)13)4-18-6-2-1-5(3-15-6)19(14,16)17/h1-3H,4H2,(H2,14,16,17). The summed E-state index contributed by atoms with van der Waals surface area (Å²) < 4.78 is 86.2. The van der Waals surface area contributed by atoms with Crippen LogP contribution in [-0.4, -0.2) is 32.1 Å². The summed E-state index contributed by atoms with van der Waals surface area (Å²) in [6.45, 7) is -1.96. The van der Waals surface area contributed by atoms with Crippen LogP contribution >= 0.6 is 0 Å². The van der Waals surface area contributed by atoms with Crippen molar-refractivity contribution in [3.8, 4) is 5.88 Å². The molecule has 0 saturated carbocycles. The van der Waals surface area contributed by atoms with Crippen molar-refractivity contribution in [3.05, 3.63) is 18.3 Å². The largest absolute Gasteiger partial charge is 0.471 e. The summed E-state index contributed by atoms with van der Waals surface area (Å²) in [7, 11) is -4.03. The van der Waals surface area contributed by atoms with Crippen molar-refractivity contribution in [2.45, 2.75) is 17.0 Å². The number of hydrogen-bond acceptors (Lipinski definition) is 4. The summed E-state index contributed by atoms with van der Waals surface area (Å²) in [6, 6.07) is 1.68. The van der Waals surface area contributed by atoms with Gasteiger partial charge < -0.3 is 4.74 Å². The summed E-state index contributed by atoms with van der Waals surface area (Å²) >= 11 is 0. The highest BCUT2D eigenvalue weighted by Gasteiger charge is 2.58. The lowest BCUT2D eigenvalue weighted by Crippen LogP contribution is -2.41. The third kappa shape index (κ3) is 3.99. The fourth-order valence-electron chi connectivity index (χ4n) is 0.867. The Hall–Kier alpha value is -1.49. The van der Waals surface area contributed by atoms with Gasteiger partial charge in [0.1, 0.15) is 4.90 Å². The van der Waals surface area contributed by atoms with Crippen molar-refractivity contribution in [2.24, 2.45) is 5.14 Å². The maximum Gasteiger partial charge on any atom is 0.456 e. The zero-order chi connectivity index (χ0) is 14.9. The van der Waals surface area contributed by atoms with Crippen LogP contribution in [-0.2, 0) is 10.0 Å². The van der Waals surface area contributed by atoms with E-state index in [1.165, 1.54) is 0 Å². The van der Waals surface area contributed by atoms with Crippen molar-refractivity contribution in [1.29, 1.82) is 0 Å². The Morgan fingerprint density at radius 1 is 1.21 bits per heavy atom. The lowest BCUT2D eigenvalue weighted by Gasteiger charge is -2.19. The van der Waals surface area contributed by atoms with Crippen molar-refractivity contribution in [3.63, 3.8) is 0 Å². The third-order valence-electron chi connectivity index (χ3n) is 1.85. The topological polar surface area (TPSA) is 82.3 Å². The van der Waals surface area contributed by atoms with Crippen LogP contribution in [0.5, 0.6) is 5.88 Å². The van der Waals surface area contributed by atoms with Crippen molar-refractivity contribution in [2.75, 3.05) is 6.61 Å². The summed E-state index contributed by atoms with van der Waals surface area (Å²) in [4.78, 5) is 2.82. The van der Waals surface area contributed by atoms with Gasteiger partial charge in [-0.25, -0.2) is 18.5 Å². The molecule has 0 radical (unpaired) electrons. The normalized spacial score (nSPS) is 13.4. The lowest BCUT2D eigenvalue weighted by atomic mass is 10.3. The summed E-state index contributed by atoms with van der Waals surface area (Å²) in [5.41, 5.74) is 0. The molecule has 5 nitrogen and oxygen atoms in total. The minimum absolute atomic E-state index is 0.428. The van der Waals surface area contributed by atoms with Crippen LogP contribution in [0, 0.1) is 0 Å². The molecule has 0 unspecified atom stereocenters. The second kappa shape index (κ2) is 4.89. The van der Waals surface area contributed by atoms with E-state index >= 15 is 0 Å². The van der Waals surface area contributed by atoms with Crippen LogP contribution < -0.4 is 9.88 Å². The number of halogens is 5. The fourth-order valence-corrected chi connectivity index (χ4v) is 1.32. The van der Waals surface area contributed by atoms with Gasteiger partial charge in [-0.05, 0) is 6.07 Å². The van der Waals surface area contributed by atoms with Gasteiger partial charge in [0, 0.05) is 6.07 Å². The number of sulfonamides is 1. The maximum atomic E-state index is 12.5. The van der Waals surface area contributed by atoms with E-state index in [1.807, 2.05) is 0 Å². The molecule has 0 atom stereocenters. The molecule has 1 aromatic rings. The number of pyridine rings is 1. The Morgan fingerprint density at radius 3 is 2.16 bits per heavy atom. The van der Waals surface area contributed by atoms with E-state index in [9.17, 15) is 30.4 Å². The van der Waals surface area contributed by atoms with Crippen molar-refractivity contribution >= 4 is 10.0 Å². The maximum absolute atomic E-state index is 12.5. The average Bonchev–Trinajstić information content (AvgIpc) is 2.24. The molecule has 1 heterocycles. The number of primary sulfonamides is 1. The van der Waals surface area contributed by atoms with E-state index in [0.717, 1.165) is 12.1 Å². The van der Waals surface area contributed by atoms with E-state index in [1.54, 1.807) is 0 Å². The molecule has 0 amide bonds. The molecule has 0 saturated heterocycles. The first-order valence-corrected chi connectivity index (χ1v) is 6.04. The molecule has 0 aromatic carbocycles. The highest BCUT2D eigenvalue weighted by atomic mass is 32.2. The van der Waals surface area contributed by atoms with Crippen LogP contribution in [0.3, 0.4) is 0 Å². The number of aromatic nitrogens is 1. The van der Waals surface area contributed by atoms with Gasteiger partial charge in [-0.1, -0.05) is 0 Å². The number of nitrogens with two attached hydrogens (primary N) is 1. The number of nitrogens with zero attached hydrogens (tertiary/aromatic N) is 1. The smallest absolute Gasteiger partial charge is 0.456 e. The van der Waals surface area contributed by atoms with Gasteiger partial charge in [0.05, 0.1) is 6.20 Å². The molecule has 0 bridgehead atoms. The van der Waals surface area contributed by atoms with Crippen LogP contribution in [0.25, 0.3) is 0 Å². The van der Waals surface area contributed by atoms with Crippen LogP contribution in [0.4, 0.5) is 22.0 Å². The third-order valence-corrected chi connectivity index (χ3v) is 2.75. The molecular weight excluding hydrogens is 299 g/mol. The molecule has 0 aliphatic carbocycles. The molecule has 0 aliphatic rings. The van der Waals surface area contributed by atoms with E-state index in [2.05, 4.69) is 9.72 Å². The van der Waals surface area contributed by atoms with E-state index in [-0.39, 0.29) is 0 Å². The van der Waals surface area contributed by atoms with Crippen LogP contribution in [0.15, 0.2) is 23.2 Å². The van der Waals surface area contributed by atoms with Crippen LogP contribution in [0.1, 0.15) is 0 Å². The van der Waals surface area contributed by atoms with Gasteiger partial charge in [0.25, 0.3) is 0 Å². The van der Waals surface area contributed by atoms with Gasteiger partial charge in [-0.2, -0.15) is 22.0 Å². The second-order valence-electron chi connectivity index (χ2n) is 3.37. The van der Waals surface area contributed by atoms with Crippen molar-refractivity contribution in [1.82, 2.24) is 4.98 Å². The first-order chi connectivity index (χ1) is 8.43. The summed E-state index contributed by atoms with van der Waals surface area (Å²) in [5, 5.41) is 4.73. The molecule has 0 aliphatic heterocycles. The van der Waals surface area contributed by atoms with Crippen LogP contribution in [0.2, 0.25) is 0 Å². The first kappa shape index (κ1) is 15.6. The fraction of sp³-hybridized carbons (Fsp3) is 0.375. The second-order valence-corrected chi connectivity index (χ2v) is 4.93. The number of rotatable bonds is 4. The predicted octanol–water partition coefficient (Wildman–Crippen LogP) is 1.31. The quantitative estimate of drug-likeness (QED) is 0.850. The molecule has 2 N–H and O–H groups in total. The summed E-state index contributed by atoms with van der Waals surface area (Å²) in [5.74, 6) is -5.62. The van der Waals surface area contributed by atoms with Gasteiger partial charge in [0.15, 0.2) is 6.61 Å². The Balaban J connectivity index is 2.76. The van der Waals surface area contributed by atoms with Gasteiger partial charge >= 0.3 is 12.1 Å². The minimum Gasteiger partial charge on any atom is -0.471 e. The first-order valence-electron chi connectivity index (χ1n) is 4.50. The number of alkyl halides is 5. The zero-order valence-electron chi connectivity index (χ0n) is 8.99. The van der Waals surface area contributed by atoms with Gasteiger partial charge in [-0.15, -0.1) is 0 Å². The molecule has 0 spiro atoms.